The Labute approximate surface area is 162 Å². The first-order valence-electron chi connectivity index (χ1n) is 9.17. The average Bonchev–Trinajstić information content (AvgIpc) is 3.07. The Balaban J connectivity index is 1.50. The first-order chi connectivity index (χ1) is 13.5. The number of nitrogens with one attached hydrogen (secondary N) is 1. The summed E-state index contributed by atoms with van der Waals surface area (Å²) >= 11 is 0. The van der Waals surface area contributed by atoms with Gasteiger partial charge in [-0.1, -0.05) is 18.2 Å². The van der Waals surface area contributed by atoms with Crippen LogP contribution in [0.1, 0.15) is 24.3 Å². The third-order valence-electron chi connectivity index (χ3n) is 4.51. The normalized spacial score (nSPS) is 14.2. The summed E-state index contributed by atoms with van der Waals surface area (Å²) in [5.41, 5.74) is 1.84. The highest BCUT2D eigenvalue weighted by atomic mass is 16.6. The molecule has 1 fully saturated rings. The van der Waals surface area contributed by atoms with Gasteiger partial charge in [-0.05, 0) is 32.0 Å². The zero-order valence-corrected chi connectivity index (χ0v) is 15.7. The second-order valence-corrected chi connectivity index (χ2v) is 7.02. The fourth-order valence-electron chi connectivity index (χ4n) is 3.15. The van der Waals surface area contributed by atoms with Crippen molar-refractivity contribution >= 4 is 22.9 Å². The molecule has 28 heavy (non-hydrogen) atoms. The van der Waals surface area contributed by atoms with E-state index in [4.69, 9.17) is 4.74 Å². The van der Waals surface area contributed by atoms with Crippen molar-refractivity contribution in [1.29, 1.82) is 0 Å². The standard InChI is InChI=1S/C20H21N5O3/c1-13(2)23-20(27)28-15-11-24(12-15)19(26)18-17(8-5-9-21-18)25-16-7-4-3-6-14(16)10-22-25/h3-10,13,15H,11-12H2,1-2H3,(H,23,27). The first kappa shape index (κ1) is 18.0. The Morgan fingerprint density at radius 1 is 1.18 bits per heavy atom. The third-order valence-corrected chi connectivity index (χ3v) is 4.51. The van der Waals surface area contributed by atoms with E-state index in [-0.39, 0.29) is 18.1 Å². The van der Waals surface area contributed by atoms with E-state index in [1.54, 1.807) is 28.0 Å². The number of hydrogen-bond donors (Lipinski definition) is 1. The number of para-hydroxylation sites is 1. The Hall–Kier alpha value is -3.42. The maximum absolute atomic E-state index is 13.0. The van der Waals surface area contributed by atoms with Gasteiger partial charge in [-0.15, -0.1) is 0 Å². The molecule has 0 atom stereocenters. The van der Waals surface area contributed by atoms with Crippen molar-refractivity contribution in [3.05, 3.63) is 54.5 Å². The van der Waals surface area contributed by atoms with E-state index >= 15 is 0 Å². The lowest BCUT2D eigenvalue weighted by atomic mass is 10.1. The van der Waals surface area contributed by atoms with Crippen LogP contribution in [-0.4, -0.2) is 56.9 Å². The summed E-state index contributed by atoms with van der Waals surface area (Å²) in [6.07, 6.45) is 2.58. The summed E-state index contributed by atoms with van der Waals surface area (Å²) in [4.78, 5) is 30.5. The number of nitrogens with zero attached hydrogens (tertiary/aromatic N) is 4. The summed E-state index contributed by atoms with van der Waals surface area (Å²) in [6, 6.07) is 11.4. The van der Waals surface area contributed by atoms with Gasteiger partial charge >= 0.3 is 6.09 Å². The van der Waals surface area contributed by atoms with Crippen molar-refractivity contribution in [3.8, 4) is 5.69 Å². The number of benzene rings is 1. The molecule has 144 valence electrons. The van der Waals surface area contributed by atoms with Gasteiger partial charge in [0.1, 0.15) is 6.10 Å². The number of amides is 2. The number of pyridine rings is 1. The summed E-state index contributed by atoms with van der Waals surface area (Å²) in [6.45, 7) is 4.42. The van der Waals surface area contributed by atoms with Gasteiger partial charge in [0.15, 0.2) is 5.69 Å². The van der Waals surface area contributed by atoms with Gasteiger partial charge < -0.3 is 15.0 Å². The van der Waals surface area contributed by atoms with Gasteiger partial charge in [-0.2, -0.15) is 5.10 Å². The van der Waals surface area contributed by atoms with Crippen LogP contribution in [0.2, 0.25) is 0 Å². The van der Waals surface area contributed by atoms with Gasteiger partial charge in [0.05, 0.1) is 30.5 Å². The fraction of sp³-hybridized carbons (Fsp3) is 0.300. The lowest BCUT2D eigenvalue weighted by molar-refractivity contribution is -0.00731. The summed E-state index contributed by atoms with van der Waals surface area (Å²) in [5.74, 6) is -0.209. The van der Waals surface area contributed by atoms with E-state index in [0.29, 0.717) is 24.5 Å². The third kappa shape index (κ3) is 3.40. The molecular formula is C20H21N5O3. The molecule has 0 bridgehead atoms. The number of ether oxygens (including phenoxy) is 1. The van der Waals surface area contributed by atoms with Crippen LogP contribution in [0.5, 0.6) is 0 Å². The van der Waals surface area contributed by atoms with Crippen LogP contribution in [0.3, 0.4) is 0 Å². The number of hydrogen-bond acceptors (Lipinski definition) is 5. The van der Waals surface area contributed by atoms with Crippen molar-refractivity contribution in [2.75, 3.05) is 13.1 Å². The Kier molecular flexibility index (Phi) is 4.68. The maximum Gasteiger partial charge on any atom is 0.407 e. The molecule has 0 unspecified atom stereocenters. The Morgan fingerprint density at radius 2 is 1.96 bits per heavy atom. The molecule has 1 aromatic carbocycles. The summed E-state index contributed by atoms with van der Waals surface area (Å²) in [7, 11) is 0. The van der Waals surface area contributed by atoms with E-state index in [1.807, 2.05) is 44.2 Å². The van der Waals surface area contributed by atoms with E-state index in [2.05, 4.69) is 15.4 Å². The highest BCUT2D eigenvalue weighted by molar-refractivity contribution is 5.97. The average molecular weight is 379 g/mol. The highest BCUT2D eigenvalue weighted by Gasteiger charge is 2.35. The molecule has 1 N–H and O–H groups in total. The monoisotopic (exact) mass is 379 g/mol. The number of fused-ring (bicyclic) bond motifs is 1. The van der Waals surface area contributed by atoms with Crippen LogP contribution < -0.4 is 5.32 Å². The maximum atomic E-state index is 13.0. The van der Waals surface area contributed by atoms with Gasteiger partial charge in [0, 0.05) is 17.6 Å². The summed E-state index contributed by atoms with van der Waals surface area (Å²) in [5, 5.41) is 8.08. The highest BCUT2D eigenvalue weighted by Crippen LogP contribution is 2.22. The van der Waals surface area contributed by atoms with Crippen molar-refractivity contribution in [1.82, 2.24) is 25.0 Å². The molecule has 2 amide bonds. The quantitative estimate of drug-likeness (QED) is 0.752. The zero-order valence-electron chi connectivity index (χ0n) is 15.7. The molecule has 3 heterocycles. The molecule has 1 aliphatic heterocycles. The number of alkyl carbamates (subject to hydrolysis) is 1. The number of carbonyl (C=O) groups excluding carboxylic acids is 2. The molecule has 1 aliphatic rings. The molecule has 3 aromatic rings. The molecule has 4 rings (SSSR count). The molecule has 8 heteroatoms. The molecule has 2 aromatic heterocycles. The van der Waals surface area contributed by atoms with Crippen molar-refractivity contribution in [2.24, 2.45) is 0 Å². The van der Waals surface area contributed by atoms with Crippen LogP contribution in [-0.2, 0) is 4.74 Å². The second-order valence-electron chi connectivity index (χ2n) is 7.02. The Morgan fingerprint density at radius 3 is 2.75 bits per heavy atom. The second kappa shape index (κ2) is 7.30. The number of carbonyl (C=O) groups is 2. The predicted molar refractivity (Wildman–Crippen MR) is 103 cm³/mol. The van der Waals surface area contributed by atoms with E-state index in [1.165, 1.54) is 0 Å². The Bertz CT molecular complexity index is 1020. The minimum atomic E-state index is -0.464. The predicted octanol–water partition coefficient (Wildman–Crippen LogP) is 2.38. The largest absolute Gasteiger partial charge is 0.442 e. The SMILES string of the molecule is CC(C)NC(=O)OC1CN(C(=O)c2ncccc2-n2ncc3ccccc32)C1. The van der Waals surface area contributed by atoms with Crippen molar-refractivity contribution in [2.45, 2.75) is 26.0 Å². The lowest BCUT2D eigenvalue weighted by Crippen LogP contribution is -2.56. The van der Waals surface area contributed by atoms with Gasteiger partial charge in [0.25, 0.3) is 5.91 Å². The number of rotatable bonds is 4. The molecule has 0 spiro atoms. The van der Waals surface area contributed by atoms with Crippen LogP contribution in [0.4, 0.5) is 4.79 Å². The van der Waals surface area contributed by atoms with Crippen LogP contribution in [0.25, 0.3) is 16.6 Å². The van der Waals surface area contributed by atoms with Crippen LogP contribution in [0, 0.1) is 0 Å². The van der Waals surface area contributed by atoms with E-state index in [0.717, 1.165) is 10.9 Å². The minimum Gasteiger partial charge on any atom is -0.442 e. The summed E-state index contributed by atoms with van der Waals surface area (Å²) < 4.78 is 7.01. The van der Waals surface area contributed by atoms with Crippen LogP contribution >= 0.6 is 0 Å². The topological polar surface area (TPSA) is 89.4 Å². The molecule has 0 radical (unpaired) electrons. The fourth-order valence-corrected chi connectivity index (χ4v) is 3.15. The van der Waals surface area contributed by atoms with Crippen LogP contribution in [0.15, 0.2) is 48.8 Å². The van der Waals surface area contributed by atoms with Crippen molar-refractivity contribution in [3.63, 3.8) is 0 Å². The molecular weight excluding hydrogens is 358 g/mol. The molecule has 0 saturated carbocycles. The molecule has 8 nitrogen and oxygen atoms in total. The van der Waals surface area contributed by atoms with E-state index in [9.17, 15) is 9.59 Å². The van der Waals surface area contributed by atoms with E-state index < -0.39 is 6.09 Å². The minimum absolute atomic E-state index is 0.00489. The zero-order chi connectivity index (χ0) is 19.7. The number of likely N-dealkylation sites (tertiary alicyclic amines) is 1. The van der Waals surface area contributed by atoms with Gasteiger partial charge in [-0.25, -0.2) is 14.5 Å². The molecule has 0 aliphatic carbocycles. The lowest BCUT2D eigenvalue weighted by Gasteiger charge is -2.38. The van der Waals surface area contributed by atoms with Gasteiger partial charge in [-0.3, -0.25) is 4.79 Å². The molecule has 1 saturated heterocycles. The number of aromatic nitrogens is 3. The first-order valence-corrected chi connectivity index (χ1v) is 9.17. The van der Waals surface area contributed by atoms with Crippen molar-refractivity contribution < 1.29 is 14.3 Å². The smallest absolute Gasteiger partial charge is 0.407 e. The van der Waals surface area contributed by atoms with Gasteiger partial charge in [0.2, 0.25) is 0 Å².